The minimum atomic E-state index is -0.589. The van der Waals surface area contributed by atoms with Crippen LogP contribution in [0.15, 0.2) is 68.2 Å². The molecule has 5 heteroatoms. The molecule has 0 saturated carbocycles. The van der Waals surface area contributed by atoms with Gasteiger partial charge >= 0.3 is 5.63 Å². The van der Waals surface area contributed by atoms with Gasteiger partial charge in [-0.15, -0.1) is 0 Å². The molecule has 0 aliphatic heterocycles. The zero-order valence-electron chi connectivity index (χ0n) is 15.0. The first-order valence-electron chi connectivity index (χ1n) is 8.57. The molecule has 0 saturated heterocycles. The molecule has 0 fully saturated rings. The number of fused-ring (bicyclic) bond motifs is 1. The summed E-state index contributed by atoms with van der Waals surface area (Å²) in [5, 5.41) is 11.0. The van der Waals surface area contributed by atoms with Crippen LogP contribution in [0.1, 0.15) is 16.7 Å². The molecule has 2 heterocycles. The third-order valence-electron chi connectivity index (χ3n) is 4.52. The second-order valence-corrected chi connectivity index (χ2v) is 6.38. The maximum absolute atomic E-state index is 11.9. The molecule has 0 atom stereocenters. The van der Waals surface area contributed by atoms with Crippen molar-refractivity contribution in [3.8, 4) is 23.0 Å². The number of benzene rings is 2. The Morgan fingerprint density at radius 1 is 0.963 bits per heavy atom. The molecule has 0 spiro atoms. The van der Waals surface area contributed by atoms with E-state index in [1.54, 1.807) is 13.0 Å². The van der Waals surface area contributed by atoms with Crippen LogP contribution in [0.3, 0.4) is 0 Å². The van der Waals surface area contributed by atoms with E-state index in [9.17, 15) is 9.90 Å². The van der Waals surface area contributed by atoms with Crippen molar-refractivity contribution in [2.75, 3.05) is 0 Å². The molecule has 4 rings (SSSR count). The lowest BCUT2D eigenvalue weighted by Crippen LogP contribution is -2.05. The molecule has 2 aromatic carbocycles. The lowest BCUT2D eigenvalue weighted by Gasteiger charge is -2.07. The molecule has 4 aromatic rings. The van der Waals surface area contributed by atoms with E-state index in [1.807, 2.05) is 48.5 Å². The predicted molar refractivity (Wildman–Crippen MR) is 102 cm³/mol. The van der Waals surface area contributed by atoms with Crippen LogP contribution in [0.2, 0.25) is 0 Å². The van der Waals surface area contributed by atoms with E-state index in [0.29, 0.717) is 29.3 Å². The average Bonchev–Trinajstić information content (AvgIpc) is 3.13. The molecule has 0 aliphatic rings. The molecular formula is C22H18O5. The van der Waals surface area contributed by atoms with Crippen molar-refractivity contribution in [2.45, 2.75) is 20.5 Å². The van der Waals surface area contributed by atoms with Crippen molar-refractivity contribution in [1.82, 2.24) is 0 Å². The topological polar surface area (TPSA) is 72.8 Å². The summed E-state index contributed by atoms with van der Waals surface area (Å²) in [4.78, 5) is 11.9. The van der Waals surface area contributed by atoms with Gasteiger partial charge in [0.1, 0.15) is 12.4 Å². The van der Waals surface area contributed by atoms with Gasteiger partial charge in [0, 0.05) is 10.9 Å². The van der Waals surface area contributed by atoms with Gasteiger partial charge in [-0.25, -0.2) is 4.79 Å². The van der Waals surface area contributed by atoms with Crippen LogP contribution in [-0.4, -0.2) is 5.11 Å². The Bertz CT molecular complexity index is 1170. The Morgan fingerprint density at radius 2 is 1.74 bits per heavy atom. The number of para-hydroxylation sites is 1. The first-order valence-corrected chi connectivity index (χ1v) is 8.57. The van der Waals surface area contributed by atoms with Gasteiger partial charge in [0.15, 0.2) is 22.9 Å². The number of furan rings is 1. The molecule has 5 nitrogen and oxygen atoms in total. The highest BCUT2D eigenvalue weighted by atomic mass is 16.5. The van der Waals surface area contributed by atoms with E-state index in [0.717, 1.165) is 10.9 Å². The molecule has 2 aromatic heterocycles. The molecular weight excluding hydrogens is 344 g/mol. The summed E-state index contributed by atoms with van der Waals surface area (Å²) >= 11 is 0. The summed E-state index contributed by atoms with van der Waals surface area (Å²) < 4.78 is 17.2. The van der Waals surface area contributed by atoms with Gasteiger partial charge in [-0.05, 0) is 31.5 Å². The van der Waals surface area contributed by atoms with Crippen LogP contribution in [0.4, 0.5) is 0 Å². The van der Waals surface area contributed by atoms with Crippen molar-refractivity contribution in [1.29, 1.82) is 0 Å². The molecule has 0 radical (unpaired) electrons. The van der Waals surface area contributed by atoms with E-state index in [1.165, 1.54) is 6.92 Å². The van der Waals surface area contributed by atoms with Crippen molar-refractivity contribution in [3.63, 3.8) is 0 Å². The summed E-state index contributed by atoms with van der Waals surface area (Å²) in [6.45, 7) is 3.61. The van der Waals surface area contributed by atoms with Gasteiger partial charge in [-0.1, -0.05) is 42.5 Å². The number of rotatable bonds is 4. The molecule has 0 amide bonds. The van der Waals surface area contributed by atoms with Crippen molar-refractivity contribution in [2.24, 2.45) is 0 Å². The second kappa shape index (κ2) is 6.68. The molecule has 0 aliphatic carbocycles. The van der Waals surface area contributed by atoms with Crippen molar-refractivity contribution < 1.29 is 18.7 Å². The van der Waals surface area contributed by atoms with E-state index in [4.69, 9.17) is 13.6 Å². The molecule has 27 heavy (non-hydrogen) atoms. The van der Waals surface area contributed by atoms with E-state index < -0.39 is 5.63 Å². The fourth-order valence-electron chi connectivity index (χ4n) is 2.96. The first kappa shape index (κ1) is 17.0. The molecule has 0 unspecified atom stereocenters. The second-order valence-electron chi connectivity index (χ2n) is 6.38. The van der Waals surface area contributed by atoms with E-state index in [2.05, 4.69) is 0 Å². The number of hydrogen-bond donors (Lipinski definition) is 1. The van der Waals surface area contributed by atoms with Crippen LogP contribution in [0, 0.1) is 13.8 Å². The molecule has 136 valence electrons. The Kier molecular flexibility index (Phi) is 4.20. The monoisotopic (exact) mass is 362 g/mol. The highest BCUT2D eigenvalue weighted by Gasteiger charge is 2.19. The Hall–Kier alpha value is -3.47. The Labute approximate surface area is 155 Å². The normalized spacial score (nSPS) is 11.0. The largest absolute Gasteiger partial charge is 0.507 e. The minimum Gasteiger partial charge on any atom is -0.507 e. The smallest absolute Gasteiger partial charge is 0.343 e. The number of hydrogen-bond acceptors (Lipinski definition) is 5. The van der Waals surface area contributed by atoms with Gasteiger partial charge in [0.25, 0.3) is 0 Å². The number of aromatic hydroxyl groups is 1. The summed E-state index contributed by atoms with van der Waals surface area (Å²) in [7, 11) is 0. The average molecular weight is 362 g/mol. The third-order valence-corrected chi connectivity index (χ3v) is 4.52. The minimum absolute atomic E-state index is 0.0812. The van der Waals surface area contributed by atoms with Gasteiger partial charge in [0.2, 0.25) is 0 Å². The standard InChI is InChI=1S/C22H18O5/c1-13-19(23)14(2)22(24)27-20(13)18-11-16-9-6-10-17(21(16)26-18)25-12-15-7-4-3-5-8-15/h3-11,23H,12H2,1-2H3. The van der Waals surface area contributed by atoms with Crippen LogP contribution in [-0.2, 0) is 6.61 Å². The molecule has 1 N–H and O–H groups in total. The summed E-state index contributed by atoms with van der Waals surface area (Å²) in [5.74, 6) is 1.10. The van der Waals surface area contributed by atoms with Crippen LogP contribution < -0.4 is 10.4 Å². The highest BCUT2D eigenvalue weighted by molar-refractivity contribution is 5.87. The predicted octanol–water partition coefficient (Wildman–Crippen LogP) is 4.95. The lowest BCUT2D eigenvalue weighted by molar-refractivity contribution is 0.305. The van der Waals surface area contributed by atoms with Crippen molar-refractivity contribution >= 4 is 11.0 Å². The summed E-state index contributed by atoms with van der Waals surface area (Å²) in [6, 6.07) is 17.2. The first-order chi connectivity index (χ1) is 13.0. The Balaban J connectivity index is 1.74. The van der Waals surface area contributed by atoms with E-state index in [-0.39, 0.29) is 17.1 Å². The zero-order valence-corrected chi connectivity index (χ0v) is 15.0. The third kappa shape index (κ3) is 3.08. The quantitative estimate of drug-likeness (QED) is 0.556. The lowest BCUT2D eigenvalue weighted by atomic mass is 10.1. The van der Waals surface area contributed by atoms with Gasteiger partial charge < -0.3 is 18.7 Å². The van der Waals surface area contributed by atoms with Crippen LogP contribution >= 0.6 is 0 Å². The maximum Gasteiger partial charge on any atom is 0.343 e. The van der Waals surface area contributed by atoms with Gasteiger partial charge in [-0.3, -0.25) is 0 Å². The van der Waals surface area contributed by atoms with Crippen LogP contribution in [0.5, 0.6) is 11.5 Å². The van der Waals surface area contributed by atoms with E-state index >= 15 is 0 Å². The van der Waals surface area contributed by atoms with Crippen LogP contribution in [0.25, 0.3) is 22.5 Å². The van der Waals surface area contributed by atoms with Gasteiger partial charge in [-0.2, -0.15) is 0 Å². The fourth-order valence-corrected chi connectivity index (χ4v) is 2.96. The number of ether oxygens (including phenoxy) is 1. The summed E-state index contributed by atoms with van der Waals surface area (Å²) in [5.41, 5.74) is 1.66. The maximum atomic E-state index is 11.9. The summed E-state index contributed by atoms with van der Waals surface area (Å²) in [6.07, 6.45) is 0. The highest BCUT2D eigenvalue weighted by Crippen LogP contribution is 2.36. The fraction of sp³-hybridized carbons (Fsp3) is 0.136. The Morgan fingerprint density at radius 3 is 2.52 bits per heavy atom. The van der Waals surface area contributed by atoms with Crippen molar-refractivity contribution in [3.05, 3.63) is 81.7 Å². The van der Waals surface area contributed by atoms with Gasteiger partial charge in [0.05, 0.1) is 5.56 Å². The zero-order chi connectivity index (χ0) is 19.0. The molecule has 0 bridgehead atoms. The SMILES string of the molecule is Cc1c(-c2cc3cccc(OCc4ccccc4)c3o2)oc(=O)c(C)c1O.